The summed E-state index contributed by atoms with van der Waals surface area (Å²) in [7, 11) is 1.58. The van der Waals surface area contributed by atoms with Crippen molar-refractivity contribution in [3.63, 3.8) is 0 Å². The summed E-state index contributed by atoms with van der Waals surface area (Å²) in [6.07, 6.45) is 0. The number of nitrogens with one attached hydrogen (secondary N) is 2. The smallest absolute Gasteiger partial charge is 0.0883 e. The minimum Gasteiger partial charge on any atom is -0.396 e. The maximum atomic E-state index is 9.02. The fourth-order valence-corrected chi connectivity index (χ4v) is 1.86. The predicted molar refractivity (Wildman–Crippen MR) is 77.6 cm³/mol. The maximum absolute atomic E-state index is 9.02. The number of ether oxygens (including phenoxy) is 1. The Labute approximate surface area is 116 Å². The summed E-state index contributed by atoms with van der Waals surface area (Å²) < 4.78 is 5.94. The van der Waals surface area contributed by atoms with E-state index in [1.807, 2.05) is 25.1 Å². The van der Waals surface area contributed by atoms with Crippen molar-refractivity contribution in [2.24, 2.45) is 5.92 Å². The molecule has 0 aliphatic heterocycles. The third-order valence-corrected chi connectivity index (χ3v) is 3.04. The van der Waals surface area contributed by atoms with Crippen LogP contribution in [-0.2, 0) is 4.74 Å². The van der Waals surface area contributed by atoms with Gasteiger partial charge in [-0.2, -0.15) is 0 Å². The van der Waals surface area contributed by atoms with E-state index >= 15 is 0 Å². The van der Waals surface area contributed by atoms with Gasteiger partial charge in [0.25, 0.3) is 0 Å². The normalized spacial score (nSPS) is 12.2. The van der Waals surface area contributed by atoms with Crippen LogP contribution in [-0.4, -0.2) is 37.7 Å². The fraction of sp³-hybridized carbons (Fsp3) is 0.462. The van der Waals surface area contributed by atoms with Crippen LogP contribution in [0.15, 0.2) is 22.7 Å². The Bertz CT molecular complexity index is 410. The van der Waals surface area contributed by atoms with Gasteiger partial charge >= 0.3 is 0 Å². The van der Waals surface area contributed by atoms with E-state index in [4.69, 9.17) is 15.3 Å². The molecule has 0 bridgehead atoms. The highest BCUT2D eigenvalue weighted by molar-refractivity contribution is 9.10. The number of halogens is 1. The number of hydrogen-bond acceptors (Lipinski definition) is 4. The highest BCUT2D eigenvalue weighted by Gasteiger charge is 2.09. The van der Waals surface area contributed by atoms with Crippen LogP contribution in [0.1, 0.15) is 12.5 Å². The fourth-order valence-electron chi connectivity index (χ4n) is 1.50. The molecule has 1 unspecified atom stereocenters. The van der Waals surface area contributed by atoms with Gasteiger partial charge in [0.2, 0.25) is 0 Å². The summed E-state index contributed by atoms with van der Waals surface area (Å²) in [4.78, 5) is 0. The summed E-state index contributed by atoms with van der Waals surface area (Å²) >= 11 is 3.42. The van der Waals surface area contributed by atoms with E-state index in [2.05, 4.69) is 21.2 Å². The van der Waals surface area contributed by atoms with Gasteiger partial charge in [-0.15, -0.1) is 0 Å². The van der Waals surface area contributed by atoms with E-state index in [0.29, 0.717) is 12.3 Å². The molecule has 0 amide bonds. The monoisotopic (exact) mass is 314 g/mol. The second-order valence-electron chi connectivity index (χ2n) is 4.27. The van der Waals surface area contributed by atoms with E-state index in [1.165, 1.54) is 0 Å². The van der Waals surface area contributed by atoms with Crippen molar-refractivity contribution in [3.05, 3.63) is 28.2 Å². The van der Waals surface area contributed by atoms with Crippen LogP contribution in [0.5, 0.6) is 0 Å². The molecule has 5 heteroatoms. The molecule has 100 valence electrons. The van der Waals surface area contributed by atoms with E-state index in [1.54, 1.807) is 7.11 Å². The van der Waals surface area contributed by atoms with Crippen molar-refractivity contribution < 1.29 is 9.84 Å². The van der Waals surface area contributed by atoms with E-state index in [9.17, 15) is 0 Å². The van der Waals surface area contributed by atoms with Crippen LogP contribution in [0.2, 0.25) is 0 Å². The second-order valence-corrected chi connectivity index (χ2v) is 5.19. The molecule has 1 atom stereocenters. The molecule has 0 aromatic heterocycles. The Hall–Kier alpha value is -0.910. The first-order valence-electron chi connectivity index (χ1n) is 5.79. The Morgan fingerprint density at radius 2 is 2.28 bits per heavy atom. The largest absolute Gasteiger partial charge is 0.396 e. The molecule has 0 saturated carbocycles. The summed E-state index contributed by atoms with van der Waals surface area (Å²) in [5.41, 5.74) is 2.14. The van der Waals surface area contributed by atoms with Gasteiger partial charge in [-0.25, -0.2) is 0 Å². The summed E-state index contributed by atoms with van der Waals surface area (Å²) in [5.74, 6) is 0.174. The third-order valence-electron chi connectivity index (χ3n) is 2.55. The number of benzene rings is 1. The van der Waals surface area contributed by atoms with Gasteiger partial charge in [0.05, 0.1) is 12.3 Å². The molecule has 0 aliphatic carbocycles. The lowest BCUT2D eigenvalue weighted by molar-refractivity contribution is 0.244. The molecule has 1 aromatic carbocycles. The van der Waals surface area contributed by atoms with Gasteiger partial charge in [-0.1, -0.05) is 22.9 Å². The first-order chi connectivity index (χ1) is 8.58. The SMILES string of the molecule is COCC(=N)c1ccc(Br)cc1NCC(C)CO. The summed E-state index contributed by atoms with van der Waals surface area (Å²) in [5, 5.41) is 20.2. The molecular formula is C13H19BrN2O2. The molecule has 4 nitrogen and oxygen atoms in total. The zero-order valence-corrected chi connectivity index (χ0v) is 12.3. The molecule has 3 N–H and O–H groups in total. The van der Waals surface area contributed by atoms with Crippen molar-refractivity contribution in [2.45, 2.75) is 6.92 Å². The van der Waals surface area contributed by atoms with Gasteiger partial charge in [-0.05, 0) is 24.1 Å². The maximum Gasteiger partial charge on any atom is 0.0883 e. The van der Waals surface area contributed by atoms with Crippen LogP contribution >= 0.6 is 15.9 Å². The third kappa shape index (κ3) is 4.40. The van der Waals surface area contributed by atoms with Crippen molar-refractivity contribution in [1.82, 2.24) is 0 Å². The Morgan fingerprint density at radius 1 is 1.56 bits per heavy atom. The Morgan fingerprint density at radius 3 is 2.89 bits per heavy atom. The second kappa shape index (κ2) is 7.51. The van der Waals surface area contributed by atoms with Crippen molar-refractivity contribution in [2.75, 3.05) is 32.2 Å². The number of anilines is 1. The Kier molecular flexibility index (Phi) is 6.32. The Balaban J connectivity index is 2.86. The van der Waals surface area contributed by atoms with Crippen molar-refractivity contribution >= 4 is 27.3 Å². The zero-order chi connectivity index (χ0) is 13.5. The molecule has 1 aromatic rings. The molecule has 0 fully saturated rings. The number of hydrogen-bond donors (Lipinski definition) is 3. The predicted octanol–water partition coefficient (Wildman–Crippen LogP) is 2.50. The van der Waals surface area contributed by atoms with Crippen LogP contribution in [0.25, 0.3) is 0 Å². The summed E-state index contributed by atoms with van der Waals surface area (Å²) in [6.45, 7) is 3.06. The first-order valence-corrected chi connectivity index (χ1v) is 6.58. The molecule has 0 radical (unpaired) electrons. The van der Waals surface area contributed by atoms with Crippen molar-refractivity contribution in [1.29, 1.82) is 5.41 Å². The van der Waals surface area contributed by atoms with Gasteiger partial charge in [0, 0.05) is 36.0 Å². The lowest BCUT2D eigenvalue weighted by atomic mass is 10.1. The number of methoxy groups -OCH3 is 1. The molecular weight excluding hydrogens is 296 g/mol. The highest BCUT2D eigenvalue weighted by Crippen LogP contribution is 2.22. The topological polar surface area (TPSA) is 65.3 Å². The molecule has 0 heterocycles. The standard InChI is InChI=1S/C13H19BrN2O2/c1-9(7-17)6-16-13-5-10(14)3-4-11(13)12(15)8-18-2/h3-5,9,15-17H,6-8H2,1-2H3. The minimum atomic E-state index is 0.145. The summed E-state index contributed by atoms with van der Waals surface area (Å²) in [6, 6.07) is 5.72. The van der Waals surface area contributed by atoms with E-state index in [0.717, 1.165) is 15.7 Å². The lowest BCUT2D eigenvalue weighted by Crippen LogP contribution is -2.17. The number of aliphatic hydroxyl groups excluding tert-OH is 1. The van der Waals surface area contributed by atoms with E-state index < -0.39 is 0 Å². The quantitative estimate of drug-likeness (QED) is 0.677. The molecule has 18 heavy (non-hydrogen) atoms. The highest BCUT2D eigenvalue weighted by atomic mass is 79.9. The average Bonchev–Trinajstić information content (AvgIpc) is 2.36. The van der Waals surface area contributed by atoms with Gasteiger partial charge < -0.3 is 20.6 Å². The van der Waals surface area contributed by atoms with Crippen LogP contribution in [0.4, 0.5) is 5.69 Å². The van der Waals surface area contributed by atoms with Gasteiger partial charge in [-0.3, -0.25) is 0 Å². The molecule has 0 aliphatic rings. The minimum absolute atomic E-state index is 0.145. The lowest BCUT2D eigenvalue weighted by Gasteiger charge is -2.15. The number of rotatable bonds is 7. The van der Waals surface area contributed by atoms with Crippen molar-refractivity contribution in [3.8, 4) is 0 Å². The van der Waals surface area contributed by atoms with Gasteiger partial charge in [0.15, 0.2) is 0 Å². The molecule has 0 saturated heterocycles. The van der Waals surface area contributed by atoms with Gasteiger partial charge in [0.1, 0.15) is 0 Å². The van der Waals surface area contributed by atoms with E-state index in [-0.39, 0.29) is 19.1 Å². The average molecular weight is 315 g/mol. The van der Waals surface area contributed by atoms with Crippen LogP contribution in [0.3, 0.4) is 0 Å². The van der Waals surface area contributed by atoms with Crippen LogP contribution in [0, 0.1) is 11.3 Å². The molecule has 0 spiro atoms. The molecule has 1 rings (SSSR count). The zero-order valence-electron chi connectivity index (χ0n) is 10.7. The first kappa shape index (κ1) is 15.1. The number of aliphatic hydroxyl groups is 1. The van der Waals surface area contributed by atoms with Crippen LogP contribution < -0.4 is 5.32 Å².